The fourth-order valence-electron chi connectivity index (χ4n) is 8.34. The van der Waals surface area contributed by atoms with Gasteiger partial charge in [0.15, 0.2) is 0 Å². The molecule has 1 fully saturated rings. The van der Waals surface area contributed by atoms with Crippen LogP contribution in [0.3, 0.4) is 0 Å². The molecule has 5 N–H and O–H groups in total. The Morgan fingerprint density at radius 2 is 1.38 bits per heavy atom. The van der Waals surface area contributed by atoms with Crippen molar-refractivity contribution in [3.8, 4) is 56.9 Å². The van der Waals surface area contributed by atoms with Crippen molar-refractivity contribution in [2.24, 2.45) is 25.6 Å². The maximum absolute atomic E-state index is 14.1. The van der Waals surface area contributed by atoms with Gasteiger partial charge in [-0.05, 0) is 83.8 Å². The van der Waals surface area contributed by atoms with Gasteiger partial charge in [-0.3, -0.25) is 19.0 Å². The Bertz CT molecular complexity index is 3270. The molecule has 1 aliphatic rings. The largest absolute Gasteiger partial charge is 0.325 e. The van der Waals surface area contributed by atoms with Crippen LogP contribution >= 0.6 is 11.6 Å². The van der Waals surface area contributed by atoms with Crippen LogP contribution in [-0.4, -0.2) is 39.5 Å². The van der Waals surface area contributed by atoms with Crippen molar-refractivity contribution >= 4 is 33.1 Å². The number of halogens is 1. The van der Waals surface area contributed by atoms with Crippen molar-refractivity contribution in [2.75, 3.05) is 0 Å². The first-order valence-electron chi connectivity index (χ1n) is 19.4. The lowest BCUT2D eigenvalue weighted by Crippen LogP contribution is -2.26. The van der Waals surface area contributed by atoms with E-state index in [-0.39, 0.29) is 37.2 Å². The Morgan fingerprint density at radius 1 is 0.767 bits per heavy atom. The molecule has 4 heterocycles. The number of nitrogens with two attached hydrogens (primary N) is 2. The van der Waals surface area contributed by atoms with Gasteiger partial charge < -0.3 is 11.5 Å². The average molecular weight is 813 g/mol. The van der Waals surface area contributed by atoms with Crippen LogP contribution in [0.2, 0.25) is 5.02 Å². The topological polar surface area (TPSA) is 216 Å². The van der Waals surface area contributed by atoms with Crippen LogP contribution in [0.1, 0.15) is 52.4 Å². The molecule has 0 amide bonds. The van der Waals surface area contributed by atoms with Crippen molar-refractivity contribution in [1.29, 1.82) is 10.5 Å². The van der Waals surface area contributed by atoms with Gasteiger partial charge >= 0.3 is 0 Å². The first kappa shape index (κ1) is 38.3. The molecule has 0 atom stereocenters. The van der Waals surface area contributed by atoms with E-state index in [2.05, 4.69) is 32.5 Å². The maximum atomic E-state index is 14.1. The molecule has 4 aromatic heterocycles. The highest BCUT2D eigenvalue weighted by Gasteiger charge is 2.29. The molecular weight excluding hydrogens is 776 g/mol. The normalized spacial score (nSPS) is 12.6. The molecule has 0 saturated heterocycles. The van der Waals surface area contributed by atoms with Crippen LogP contribution in [0.5, 0.6) is 0 Å². The summed E-state index contributed by atoms with van der Waals surface area (Å²) >= 11 is 6.81. The van der Waals surface area contributed by atoms with E-state index in [0.29, 0.717) is 71.8 Å². The quantitative estimate of drug-likeness (QED) is 0.142. The van der Waals surface area contributed by atoms with Crippen LogP contribution in [-0.2, 0) is 40.2 Å². The third-order valence-electron chi connectivity index (χ3n) is 11.5. The number of hydrogen-bond donors (Lipinski definition) is 3. The number of nitrogens with one attached hydrogen (secondary N) is 1. The number of nitrogens with zero attached hydrogens (tertiary/aromatic N) is 9. The molecule has 0 spiro atoms. The van der Waals surface area contributed by atoms with E-state index in [9.17, 15) is 20.1 Å². The minimum atomic E-state index is -0.322. The van der Waals surface area contributed by atoms with Crippen molar-refractivity contribution in [3.05, 3.63) is 138 Å². The van der Waals surface area contributed by atoms with Gasteiger partial charge in [0, 0.05) is 71.8 Å². The second kappa shape index (κ2) is 15.2. The molecule has 1 saturated carbocycles. The Hall–Kier alpha value is -7.23. The number of H-pyrrole nitrogens is 1. The summed E-state index contributed by atoms with van der Waals surface area (Å²) in [5, 5.41) is 43.9. The average Bonchev–Trinajstić information content (AvgIpc) is 3.94. The summed E-state index contributed by atoms with van der Waals surface area (Å²) in [6.45, 7) is 0.317. The van der Waals surface area contributed by atoms with Crippen molar-refractivity contribution in [3.63, 3.8) is 0 Å². The van der Waals surface area contributed by atoms with E-state index >= 15 is 0 Å². The summed E-state index contributed by atoms with van der Waals surface area (Å²) in [4.78, 5) is 26.6. The fraction of sp³-hybridized carbons (Fsp3) is 0.200. The van der Waals surface area contributed by atoms with E-state index in [1.54, 1.807) is 53.1 Å². The molecule has 9 rings (SSSR count). The fourth-order valence-corrected chi connectivity index (χ4v) is 8.59. The minimum absolute atomic E-state index is 0.0666. The zero-order chi connectivity index (χ0) is 41.8. The van der Waals surface area contributed by atoms with E-state index < -0.39 is 0 Å². The summed E-state index contributed by atoms with van der Waals surface area (Å²) in [6.07, 6.45) is 5.85. The molecule has 0 bridgehead atoms. The number of aryl methyl sites for hydroxylation is 3. The van der Waals surface area contributed by atoms with E-state index in [4.69, 9.17) is 28.2 Å². The van der Waals surface area contributed by atoms with E-state index in [1.165, 1.54) is 4.68 Å². The van der Waals surface area contributed by atoms with Gasteiger partial charge in [-0.2, -0.15) is 30.9 Å². The van der Waals surface area contributed by atoms with Crippen molar-refractivity contribution < 1.29 is 0 Å². The van der Waals surface area contributed by atoms with Crippen LogP contribution in [0.15, 0.2) is 88.7 Å². The van der Waals surface area contributed by atoms with Crippen molar-refractivity contribution in [2.45, 2.75) is 44.8 Å². The zero-order valence-corrected chi connectivity index (χ0v) is 33.5. The molecule has 0 radical (unpaired) electrons. The Balaban J connectivity index is 1.07. The zero-order valence-electron chi connectivity index (χ0n) is 32.7. The first-order chi connectivity index (χ1) is 29.1. The predicted molar refractivity (Wildman–Crippen MR) is 230 cm³/mol. The molecule has 15 heteroatoms. The number of benzene rings is 4. The summed E-state index contributed by atoms with van der Waals surface area (Å²) in [7, 11) is 3.65. The number of aromatic amines is 1. The van der Waals surface area contributed by atoms with Crippen LogP contribution in [0.4, 0.5) is 0 Å². The number of aromatic nitrogens is 8. The van der Waals surface area contributed by atoms with Gasteiger partial charge in [-0.1, -0.05) is 41.9 Å². The summed E-state index contributed by atoms with van der Waals surface area (Å²) in [5.74, 6) is 0.400. The molecule has 4 aromatic carbocycles. The lowest BCUT2D eigenvalue weighted by atomic mass is 9.93. The van der Waals surface area contributed by atoms with E-state index in [0.717, 1.165) is 51.9 Å². The molecule has 14 nitrogen and oxygen atoms in total. The van der Waals surface area contributed by atoms with Crippen LogP contribution in [0.25, 0.3) is 66.3 Å². The Labute approximate surface area is 347 Å². The second-order valence-corrected chi connectivity index (χ2v) is 15.3. The lowest BCUT2D eigenvalue weighted by molar-refractivity contribution is 0.572. The SMILES string of the molecule is Cn1ncc(-c2ccc3c(=O)n(CCc4c(Cl)ccc(-c5c(-c6ccc7c(=O)[nH]nc(CN)c7c6)cnn5C)c4C#N)nc(CN)c3c2)c1-c1cccc(C2CC2)c1C#N. The molecule has 1 aliphatic carbocycles. The predicted octanol–water partition coefficient (Wildman–Crippen LogP) is 6.20. The van der Waals surface area contributed by atoms with Gasteiger partial charge in [0.05, 0.1) is 57.1 Å². The molecule has 8 aromatic rings. The summed E-state index contributed by atoms with van der Waals surface area (Å²) in [5.41, 5.74) is 21.3. The number of nitriles is 2. The highest BCUT2D eigenvalue weighted by atomic mass is 35.5. The number of rotatable bonds is 10. The van der Waals surface area contributed by atoms with Gasteiger partial charge in [0.1, 0.15) is 12.1 Å². The Kier molecular flexibility index (Phi) is 9.69. The number of fused-ring (bicyclic) bond motifs is 2. The summed E-state index contributed by atoms with van der Waals surface area (Å²) < 4.78 is 4.84. The smallest absolute Gasteiger partial charge is 0.274 e. The molecule has 0 unspecified atom stereocenters. The third kappa shape index (κ3) is 6.35. The van der Waals surface area contributed by atoms with Crippen LogP contribution in [0, 0.1) is 22.7 Å². The van der Waals surface area contributed by atoms with Gasteiger partial charge in [0.25, 0.3) is 11.1 Å². The van der Waals surface area contributed by atoms with E-state index in [1.807, 2.05) is 49.5 Å². The minimum Gasteiger partial charge on any atom is -0.325 e. The van der Waals surface area contributed by atoms with Gasteiger partial charge in [0.2, 0.25) is 0 Å². The van der Waals surface area contributed by atoms with Crippen LogP contribution < -0.4 is 22.6 Å². The second-order valence-electron chi connectivity index (χ2n) is 14.9. The molecule has 0 aliphatic heterocycles. The first-order valence-corrected chi connectivity index (χ1v) is 19.8. The third-order valence-corrected chi connectivity index (χ3v) is 11.8. The maximum Gasteiger partial charge on any atom is 0.274 e. The van der Waals surface area contributed by atoms with Crippen molar-refractivity contribution in [1.82, 2.24) is 39.5 Å². The number of hydrogen-bond acceptors (Lipinski definition) is 10. The van der Waals surface area contributed by atoms with Gasteiger partial charge in [-0.25, -0.2) is 9.78 Å². The van der Waals surface area contributed by atoms with Gasteiger partial charge in [-0.15, -0.1) is 0 Å². The lowest BCUT2D eigenvalue weighted by Gasteiger charge is -2.16. The molecule has 296 valence electrons. The Morgan fingerprint density at radius 3 is 2.00 bits per heavy atom. The highest BCUT2D eigenvalue weighted by molar-refractivity contribution is 6.31. The monoisotopic (exact) mass is 812 g/mol. The summed E-state index contributed by atoms with van der Waals surface area (Å²) in [6, 6.07) is 25.3. The molecule has 60 heavy (non-hydrogen) atoms. The highest BCUT2D eigenvalue weighted by Crippen LogP contribution is 2.45. The standard InChI is InChI=1S/C45H37ClN12O2/c1-56-42(29-5-3-4-27(24-6-7-24)35(29)18-47)37(22-51-56)26-9-11-32-34(17-26)41(21-50)55-58(45(32)60)15-14-28-36(19-48)30(12-13-39(28)46)43-38(23-52-57(43)2)25-8-10-31-33(16-25)40(20-49)53-54-44(31)59/h3-5,8-13,16-17,22-24H,6-7,14-15,20-21,49-50H2,1-2H3,(H,54,59). The molecular formula is C45H37ClN12O2.